The van der Waals surface area contributed by atoms with Crippen molar-refractivity contribution in [1.82, 2.24) is 0 Å². The van der Waals surface area contributed by atoms with Gasteiger partial charge in [0.1, 0.15) is 5.78 Å². The maximum atomic E-state index is 12.0. The summed E-state index contributed by atoms with van der Waals surface area (Å²) in [6, 6.07) is 0. The van der Waals surface area contributed by atoms with Crippen molar-refractivity contribution in [2.24, 2.45) is 5.92 Å². The normalized spacial score (nSPS) is 19.8. The fourth-order valence-electron chi connectivity index (χ4n) is 2.14. The number of ketones is 1. The van der Waals surface area contributed by atoms with Crippen LogP contribution in [0.1, 0.15) is 40.5 Å². The third-order valence-corrected chi connectivity index (χ3v) is 6.54. The van der Waals surface area contributed by atoms with Gasteiger partial charge in [-0.15, -0.1) is 0 Å². The maximum absolute atomic E-state index is 12.0. The Morgan fingerprint density at radius 2 is 1.69 bits per heavy atom. The van der Waals surface area contributed by atoms with E-state index in [1.165, 1.54) is 25.2 Å². The molecule has 1 heterocycles. The van der Waals surface area contributed by atoms with E-state index < -0.39 is 0 Å². The van der Waals surface area contributed by atoms with Crippen LogP contribution in [0.25, 0.3) is 0 Å². The van der Waals surface area contributed by atoms with Crippen molar-refractivity contribution in [3.05, 3.63) is 0 Å². The average Bonchev–Trinajstić information content (AvgIpc) is 2.54. The lowest BCUT2D eigenvalue weighted by Crippen LogP contribution is -2.33. The molecule has 1 aliphatic rings. The van der Waals surface area contributed by atoms with Crippen molar-refractivity contribution in [2.75, 3.05) is 12.3 Å². The molecule has 0 aromatic rings. The van der Waals surface area contributed by atoms with Crippen LogP contribution in [0.15, 0.2) is 0 Å². The van der Waals surface area contributed by atoms with Crippen molar-refractivity contribution >= 4 is 13.7 Å². The van der Waals surface area contributed by atoms with Gasteiger partial charge in [-0.05, 0) is 39.0 Å². The third kappa shape index (κ3) is 2.31. The van der Waals surface area contributed by atoms with Crippen LogP contribution in [0.4, 0.5) is 0 Å². The van der Waals surface area contributed by atoms with E-state index in [0.29, 0.717) is 5.78 Å². The molecule has 1 nitrogen and oxygen atoms in total. The standard InChI is InChI=1S/C11H21OP/c1-9(2)10(12)11(3,4)13-7-5-6-8-13/h9H,5-8H2,1-4H3. The molecular formula is C11H21OP. The minimum absolute atomic E-state index is 0.00977. The molecule has 13 heavy (non-hydrogen) atoms. The van der Waals surface area contributed by atoms with Crippen LogP contribution in [0, 0.1) is 5.92 Å². The second kappa shape index (κ2) is 4.09. The van der Waals surface area contributed by atoms with Crippen molar-refractivity contribution in [2.45, 2.75) is 45.7 Å². The fraction of sp³-hybridized carbons (Fsp3) is 0.909. The number of rotatable bonds is 3. The first kappa shape index (κ1) is 11.2. The molecular weight excluding hydrogens is 179 g/mol. The SMILES string of the molecule is CC(C)C(=O)C(C)(C)P1CCCC1. The second-order valence-corrected chi connectivity index (χ2v) is 7.86. The lowest BCUT2D eigenvalue weighted by atomic mass is 9.98. The summed E-state index contributed by atoms with van der Waals surface area (Å²) in [5.74, 6) is 0.679. The number of carbonyl (C=O) groups is 1. The number of Topliss-reactive ketones (excluding diaryl/α,β-unsaturated/α-hetero) is 1. The highest BCUT2D eigenvalue weighted by Crippen LogP contribution is 2.55. The van der Waals surface area contributed by atoms with Gasteiger partial charge in [-0.3, -0.25) is 4.79 Å². The van der Waals surface area contributed by atoms with Crippen molar-refractivity contribution < 1.29 is 4.79 Å². The topological polar surface area (TPSA) is 17.1 Å². The molecule has 0 N–H and O–H groups in total. The van der Waals surface area contributed by atoms with Gasteiger partial charge in [-0.2, -0.15) is 0 Å². The van der Waals surface area contributed by atoms with Gasteiger partial charge >= 0.3 is 0 Å². The van der Waals surface area contributed by atoms with Gasteiger partial charge in [0.25, 0.3) is 0 Å². The zero-order chi connectivity index (χ0) is 10.1. The number of hydrogen-bond acceptors (Lipinski definition) is 1. The molecule has 0 radical (unpaired) electrons. The Morgan fingerprint density at radius 3 is 2.08 bits per heavy atom. The van der Waals surface area contributed by atoms with Crippen LogP contribution in [0.2, 0.25) is 0 Å². The Balaban J connectivity index is 2.68. The van der Waals surface area contributed by atoms with Crippen molar-refractivity contribution in [3.63, 3.8) is 0 Å². The van der Waals surface area contributed by atoms with Crippen molar-refractivity contribution in [3.8, 4) is 0 Å². The molecule has 0 unspecified atom stereocenters. The molecule has 1 fully saturated rings. The van der Waals surface area contributed by atoms with E-state index >= 15 is 0 Å². The molecule has 76 valence electrons. The quantitative estimate of drug-likeness (QED) is 0.639. The molecule has 0 amide bonds. The molecule has 0 spiro atoms. The van der Waals surface area contributed by atoms with Crippen molar-refractivity contribution in [1.29, 1.82) is 0 Å². The minimum atomic E-state index is -0.0139. The summed E-state index contributed by atoms with van der Waals surface area (Å²) in [4.78, 5) is 12.0. The fourth-order valence-corrected chi connectivity index (χ4v) is 5.26. The lowest BCUT2D eigenvalue weighted by Gasteiger charge is -2.32. The maximum Gasteiger partial charge on any atom is 0.145 e. The average molecular weight is 200 g/mol. The Kier molecular flexibility index (Phi) is 3.51. The summed E-state index contributed by atoms with van der Waals surface area (Å²) >= 11 is 0. The number of hydrogen-bond donors (Lipinski definition) is 0. The molecule has 0 saturated carbocycles. The van der Waals surface area contributed by atoms with Crippen LogP contribution in [0.5, 0.6) is 0 Å². The first-order valence-electron chi connectivity index (χ1n) is 5.25. The van der Waals surface area contributed by atoms with E-state index in [4.69, 9.17) is 0 Å². The Hall–Kier alpha value is 0.100. The van der Waals surface area contributed by atoms with E-state index in [1.54, 1.807) is 0 Å². The molecule has 0 aliphatic carbocycles. The van der Waals surface area contributed by atoms with Gasteiger partial charge in [0.2, 0.25) is 0 Å². The summed E-state index contributed by atoms with van der Waals surface area (Å²) in [5, 5.41) is -0.0139. The van der Waals surface area contributed by atoms with E-state index in [2.05, 4.69) is 13.8 Å². The van der Waals surface area contributed by atoms with Gasteiger partial charge in [-0.25, -0.2) is 0 Å². The van der Waals surface area contributed by atoms with E-state index in [-0.39, 0.29) is 19.0 Å². The van der Waals surface area contributed by atoms with Gasteiger partial charge in [0, 0.05) is 11.1 Å². The highest BCUT2D eigenvalue weighted by molar-refractivity contribution is 7.60. The molecule has 1 rings (SSSR count). The molecule has 1 aliphatic heterocycles. The smallest absolute Gasteiger partial charge is 0.145 e. The largest absolute Gasteiger partial charge is 0.298 e. The van der Waals surface area contributed by atoms with E-state index in [1.807, 2.05) is 13.8 Å². The summed E-state index contributed by atoms with van der Waals surface area (Å²) in [6.07, 6.45) is 5.34. The summed E-state index contributed by atoms with van der Waals surface area (Å²) in [6.45, 7) is 8.36. The first-order valence-corrected chi connectivity index (χ1v) is 6.97. The summed E-state index contributed by atoms with van der Waals surface area (Å²) < 4.78 is 0. The molecule has 2 heteroatoms. The van der Waals surface area contributed by atoms with Gasteiger partial charge in [0.15, 0.2) is 0 Å². The minimum Gasteiger partial charge on any atom is -0.298 e. The highest BCUT2D eigenvalue weighted by atomic mass is 31.1. The van der Waals surface area contributed by atoms with E-state index in [9.17, 15) is 4.79 Å². The molecule has 0 aromatic heterocycles. The van der Waals surface area contributed by atoms with E-state index in [0.717, 1.165) is 0 Å². The van der Waals surface area contributed by atoms with Gasteiger partial charge in [-0.1, -0.05) is 21.8 Å². The Bertz CT molecular complexity index is 190. The highest BCUT2D eigenvalue weighted by Gasteiger charge is 2.38. The third-order valence-electron chi connectivity index (χ3n) is 3.02. The summed E-state index contributed by atoms with van der Waals surface area (Å²) in [7, 11) is -0.00977. The van der Waals surface area contributed by atoms with Gasteiger partial charge in [0.05, 0.1) is 0 Å². The summed E-state index contributed by atoms with van der Waals surface area (Å²) in [5.41, 5.74) is 0. The van der Waals surface area contributed by atoms with Gasteiger partial charge < -0.3 is 0 Å². The predicted molar refractivity (Wildman–Crippen MR) is 59.8 cm³/mol. The lowest BCUT2D eigenvalue weighted by molar-refractivity contribution is -0.123. The molecule has 1 saturated heterocycles. The zero-order valence-electron chi connectivity index (χ0n) is 9.26. The molecule has 0 bridgehead atoms. The monoisotopic (exact) mass is 200 g/mol. The first-order chi connectivity index (χ1) is 5.96. The molecule has 0 atom stereocenters. The number of carbonyl (C=O) groups excluding carboxylic acids is 1. The zero-order valence-corrected chi connectivity index (χ0v) is 10.2. The predicted octanol–water partition coefficient (Wildman–Crippen LogP) is 3.27. The Morgan fingerprint density at radius 1 is 1.23 bits per heavy atom. The Labute approximate surface area is 83.0 Å². The van der Waals surface area contributed by atoms with Crippen LogP contribution in [-0.4, -0.2) is 23.3 Å². The molecule has 0 aromatic carbocycles. The van der Waals surface area contributed by atoms with Crippen LogP contribution < -0.4 is 0 Å². The van der Waals surface area contributed by atoms with Crippen LogP contribution in [0.3, 0.4) is 0 Å². The second-order valence-electron chi connectivity index (χ2n) is 4.77. The van der Waals surface area contributed by atoms with Crippen LogP contribution >= 0.6 is 7.92 Å². The van der Waals surface area contributed by atoms with Crippen LogP contribution in [-0.2, 0) is 4.79 Å².